The van der Waals surface area contributed by atoms with Crippen LogP contribution in [0, 0.1) is 0 Å². The number of thiazole rings is 1. The molecule has 0 aliphatic heterocycles. The van der Waals surface area contributed by atoms with Gasteiger partial charge in [-0.3, -0.25) is 0 Å². The van der Waals surface area contributed by atoms with Crippen molar-refractivity contribution in [3.05, 3.63) is 11.1 Å². The highest BCUT2D eigenvalue weighted by Crippen LogP contribution is 2.40. The summed E-state index contributed by atoms with van der Waals surface area (Å²) in [6.07, 6.45) is 2.36. The zero-order valence-corrected chi connectivity index (χ0v) is 7.32. The summed E-state index contributed by atoms with van der Waals surface area (Å²) in [6, 6.07) is 0. The van der Waals surface area contributed by atoms with E-state index in [-0.39, 0.29) is 0 Å². The standard InChI is InChI=1S/C6H7NO2S2/c8-11(9)6-7-5(3-10-6)4-1-2-4/h3-4H,1-2H2,(H,8,9). The summed E-state index contributed by atoms with van der Waals surface area (Å²) >= 11 is -0.625. The normalized spacial score (nSPS) is 20.1. The minimum absolute atomic E-state index is 0.326. The number of hydrogen-bond donors (Lipinski definition) is 1. The maximum atomic E-state index is 10.5. The first-order chi connectivity index (χ1) is 5.27. The lowest BCUT2D eigenvalue weighted by Crippen LogP contribution is -1.87. The van der Waals surface area contributed by atoms with Crippen LogP contribution in [0.3, 0.4) is 0 Å². The van der Waals surface area contributed by atoms with E-state index in [0.29, 0.717) is 10.3 Å². The Hall–Kier alpha value is -0.260. The van der Waals surface area contributed by atoms with E-state index in [1.165, 1.54) is 24.2 Å². The van der Waals surface area contributed by atoms with Crippen molar-refractivity contribution < 1.29 is 8.76 Å². The van der Waals surface area contributed by atoms with Gasteiger partial charge in [0, 0.05) is 11.3 Å². The molecule has 3 nitrogen and oxygen atoms in total. The van der Waals surface area contributed by atoms with Gasteiger partial charge in [0.1, 0.15) is 0 Å². The van der Waals surface area contributed by atoms with Crippen molar-refractivity contribution in [2.24, 2.45) is 0 Å². The molecule has 0 bridgehead atoms. The molecule has 0 radical (unpaired) electrons. The molecular weight excluding hydrogens is 182 g/mol. The second-order valence-corrected chi connectivity index (χ2v) is 4.56. The third-order valence-corrected chi connectivity index (χ3v) is 3.40. The van der Waals surface area contributed by atoms with E-state index < -0.39 is 11.1 Å². The van der Waals surface area contributed by atoms with Gasteiger partial charge in [0.05, 0.1) is 5.69 Å². The molecule has 0 saturated heterocycles. The van der Waals surface area contributed by atoms with Gasteiger partial charge in [0.15, 0.2) is 0 Å². The molecule has 0 spiro atoms. The van der Waals surface area contributed by atoms with E-state index in [1.54, 1.807) is 0 Å². The molecule has 1 fully saturated rings. The molecular formula is C6H7NO2S2. The zero-order valence-electron chi connectivity index (χ0n) is 5.69. The molecule has 1 N–H and O–H groups in total. The first kappa shape index (κ1) is 7.39. The molecule has 1 aromatic heterocycles. The van der Waals surface area contributed by atoms with Gasteiger partial charge in [-0.25, -0.2) is 9.19 Å². The van der Waals surface area contributed by atoms with Gasteiger partial charge < -0.3 is 4.55 Å². The Labute approximate surface area is 70.8 Å². The molecule has 1 aliphatic carbocycles. The molecule has 1 atom stereocenters. The second kappa shape index (κ2) is 2.66. The lowest BCUT2D eigenvalue weighted by molar-refractivity contribution is 0.563. The van der Waals surface area contributed by atoms with Gasteiger partial charge >= 0.3 is 0 Å². The summed E-state index contributed by atoms with van der Waals surface area (Å²) in [4.78, 5) is 4.04. The fourth-order valence-corrected chi connectivity index (χ4v) is 2.20. The molecule has 2 rings (SSSR count). The minimum atomic E-state index is -1.89. The third-order valence-electron chi connectivity index (χ3n) is 1.65. The fourth-order valence-electron chi connectivity index (χ4n) is 0.916. The number of nitrogens with zero attached hydrogens (tertiary/aromatic N) is 1. The van der Waals surface area contributed by atoms with Crippen LogP contribution in [-0.2, 0) is 11.1 Å². The van der Waals surface area contributed by atoms with Crippen LogP contribution in [0.5, 0.6) is 0 Å². The molecule has 11 heavy (non-hydrogen) atoms. The van der Waals surface area contributed by atoms with Crippen molar-refractivity contribution >= 4 is 22.4 Å². The summed E-state index contributed by atoms with van der Waals surface area (Å²) in [5, 5.41) is 1.88. The Balaban J connectivity index is 2.25. The Kier molecular flexibility index (Phi) is 1.78. The van der Waals surface area contributed by atoms with Crippen molar-refractivity contribution in [2.45, 2.75) is 23.1 Å². The highest BCUT2D eigenvalue weighted by molar-refractivity contribution is 7.81. The molecule has 1 heterocycles. The average molecular weight is 189 g/mol. The van der Waals surface area contributed by atoms with Crippen molar-refractivity contribution in [2.75, 3.05) is 0 Å². The molecule has 0 amide bonds. The summed E-state index contributed by atoms with van der Waals surface area (Å²) < 4.78 is 19.5. The minimum Gasteiger partial charge on any atom is -0.300 e. The van der Waals surface area contributed by atoms with Gasteiger partial charge in [-0.1, -0.05) is 0 Å². The predicted octanol–water partition coefficient (Wildman–Crippen LogP) is 1.60. The average Bonchev–Trinajstić information content (AvgIpc) is 2.68. The highest BCUT2D eigenvalue weighted by Gasteiger charge is 2.26. The smallest absolute Gasteiger partial charge is 0.216 e. The monoisotopic (exact) mass is 189 g/mol. The Morgan fingerprint density at radius 2 is 2.45 bits per heavy atom. The third kappa shape index (κ3) is 1.50. The largest absolute Gasteiger partial charge is 0.300 e. The molecule has 60 valence electrons. The van der Waals surface area contributed by atoms with Gasteiger partial charge in [0.2, 0.25) is 15.4 Å². The van der Waals surface area contributed by atoms with Gasteiger partial charge in [-0.05, 0) is 12.8 Å². The van der Waals surface area contributed by atoms with Crippen LogP contribution in [0.15, 0.2) is 9.72 Å². The van der Waals surface area contributed by atoms with E-state index in [9.17, 15) is 4.21 Å². The van der Waals surface area contributed by atoms with Crippen LogP contribution >= 0.6 is 11.3 Å². The molecule has 1 saturated carbocycles. The Morgan fingerprint density at radius 1 is 1.73 bits per heavy atom. The van der Waals surface area contributed by atoms with E-state index in [2.05, 4.69) is 4.98 Å². The summed E-state index contributed by atoms with van der Waals surface area (Å²) in [7, 11) is 0. The zero-order chi connectivity index (χ0) is 7.84. The second-order valence-electron chi connectivity index (χ2n) is 2.56. The molecule has 1 aromatic rings. The van der Waals surface area contributed by atoms with Gasteiger partial charge in [-0.2, -0.15) is 0 Å². The summed E-state index contributed by atoms with van der Waals surface area (Å²) in [6.45, 7) is 0. The first-order valence-electron chi connectivity index (χ1n) is 3.33. The van der Waals surface area contributed by atoms with Crippen LogP contribution in [0.25, 0.3) is 0 Å². The molecule has 5 heteroatoms. The van der Waals surface area contributed by atoms with Crippen molar-refractivity contribution in [1.82, 2.24) is 4.98 Å². The Bertz CT molecular complexity index is 293. The topological polar surface area (TPSA) is 50.2 Å². The molecule has 1 aliphatic rings. The number of aromatic nitrogens is 1. The van der Waals surface area contributed by atoms with Crippen LogP contribution in [-0.4, -0.2) is 13.7 Å². The van der Waals surface area contributed by atoms with Crippen LogP contribution in [0.2, 0.25) is 0 Å². The van der Waals surface area contributed by atoms with Crippen LogP contribution in [0.4, 0.5) is 0 Å². The fraction of sp³-hybridized carbons (Fsp3) is 0.500. The molecule has 0 aromatic carbocycles. The SMILES string of the molecule is O=S(O)c1nc(C2CC2)cs1. The number of rotatable bonds is 2. The summed E-state index contributed by atoms with van der Waals surface area (Å²) in [5.41, 5.74) is 0.993. The lowest BCUT2D eigenvalue weighted by Gasteiger charge is -1.85. The van der Waals surface area contributed by atoms with E-state index >= 15 is 0 Å². The molecule has 1 unspecified atom stereocenters. The van der Waals surface area contributed by atoms with Crippen molar-refractivity contribution in [3.8, 4) is 0 Å². The summed E-state index contributed by atoms with van der Waals surface area (Å²) in [5.74, 6) is 0.573. The maximum Gasteiger partial charge on any atom is 0.216 e. The van der Waals surface area contributed by atoms with Crippen molar-refractivity contribution in [1.29, 1.82) is 0 Å². The van der Waals surface area contributed by atoms with E-state index in [0.717, 1.165) is 5.69 Å². The van der Waals surface area contributed by atoms with Crippen LogP contribution < -0.4 is 0 Å². The first-order valence-corrected chi connectivity index (χ1v) is 5.32. The maximum absolute atomic E-state index is 10.5. The van der Waals surface area contributed by atoms with Crippen molar-refractivity contribution in [3.63, 3.8) is 0 Å². The lowest BCUT2D eigenvalue weighted by atomic mass is 10.3. The number of hydrogen-bond acceptors (Lipinski definition) is 3. The van der Waals surface area contributed by atoms with E-state index in [4.69, 9.17) is 4.55 Å². The van der Waals surface area contributed by atoms with Crippen LogP contribution in [0.1, 0.15) is 24.5 Å². The quantitative estimate of drug-likeness (QED) is 0.719. The predicted molar refractivity (Wildman–Crippen MR) is 43.1 cm³/mol. The van der Waals surface area contributed by atoms with Gasteiger partial charge in [0.25, 0.3) is 0 Å². The van der Waals surface area contributed by atoms with Gasteiger partial charge in [-0.15, -0.1) is 11.3 Å². The Morgan fingerprint density at radius 3 is 2.91 bits per heavy atom. The highest BCUT2D eigenvalue weighted by atomic mass is 32.2. The van der Waals surface area contributed by atoms with E-state index in [1.807, 2.05) is 5.38 Å².